The summed E-state index contributed by atoms with van der Waals surface area (Å²) in [5, 5.41) is 0. The maximum atomic E-state index is 12.2. The molecule has 0 heterocycles. The normalized spacial score (nSPS) is 15.2. The molecule has 0 atom stereocenters. The van der Waals surface area contributed by atoms with Crippen molar-refractivity contribution in [3.05, 3.63) is 65.2 Å². The maximum Gasteiger partial charge on any atom is 0.343 e. The molecule has 1 aliphatic rings. The summed E-state index contributed by atoms with van der Waals surface area (Å²) in [7, 11) is 0. The van der Waals surface area contributed by atoms with Crippen molar-refractivity contribution in [2.75, 3.05) is 0 Å². The number of benzene rings is 2. The van der Waals surface area contributed by atoms with E-state index in [9.17, 15) is 4.79 Å². The van der Waals surface area contributed by atoms with Crippen molar-refractivity contribution in [3.63, 3.8) is 0 Å². The van der Waals surface area contributed by atoms with E-state index in [4.69, 9.17) is 4.74 Å². The second-order valence-electron chi connectivity index (χ2n) is 6.74. The molecule has 0 amide bonds. The van der Waals surface area contributed by atoms with Crippen LogP contribution in [-0.4, -0.2) is 5.97 Å². The molecule has 1 saturated carbocycles. The molecule has 0 radical (unpaired) electrons. The number of aryl methyl sites for hydroxylation is 1. The van der Waals surface area contributed by atoms with Gasteiger partial charge in [-0.3, -0.25) is 0 Å². The van der Waals surface area contributed by atoms with E-state index in [1.165, 1.54) is 43.2 Å². The van der Waals surface area contributed by atoms with Crippen LogP contribution < -0.4 is 4.74 Å². The third kappa shape index (κ3) is 4.25. The molecule has 0 saturated heterocycles. The predicted molar refractivity (Wildman–Crippen MR) is 97.7 cm³/mol. The minimum absolute atomic E-state index is 0.288. The summed E-state index contributed by atoms with van der Waals surface area (Å²) < 4.78 is 5.50. The molecular formula is C22H26O2. The molecule has 2 aromatic carbocycles. The highest BCUT2D eigenvalue weighted by molar-refractivity contribution is 5.91. The number of hydrogen-bond acceptors (Lipinski definition) is 2. The largest absolute Gasteiger partial charge is 0.423 e. The van der Waals surface area contributed by atoms with Gasteiger partial charge in [0.2, 0.25) is 0 Å². The summed E-state index contributed by atoms with van der Waals surface area (Å²) >= 11 is 0. The minimum Gasteiger partial charge on any atom is -0.423 e. The molecule has 1 fully saturated rings. The predicted octanol–water partition coefficient (Wildman–Crippen LogP) is 5.91. The van der Waals surface area contributed by atoms with Crippen LogP contribution in [0.15, 0.2) is 48.5 Å². The Morgan fingerprint density at radius 3 is 2.25 bits per heavy atom. The average molecular weight is 322 g/mol. The summed E-state index contributed by atoms with van der Waals surface area (Å²) in [5.74, 6) is 1.01. The summed E-state index contributed by atoms with van der Waals surface area (Å²) in [6.45, 7) is 2.15. The van der Waals surface area contributed by atoms with Gasteiger partial charge in [-0.2, -0.15) is 0 Å². The van der Waals surface area contributed by atoms with Crippen molar-refractivity contribution >= 4 is 5.97 Å². The molecule has 0 bridgehead atoms. The van der Waals surface area contributed by atoms with Gasteiger partial charge in [-0.25, -0.2) is 4.79 Å². The Labute approximate surface area is 144 Å². The van der Waals surface area contributed by atoms with Gasteiger partial charge in [-0.05, 0) is 60.6 Å². The first-order valence-corrected chi connectivity index (χ1v) is 9.17. The van der Waals surface area contributed by atoms with Crippen molar-refractivity contribution in [1.29, 1.82) is 0 Å². The van der Waals surface area contributed by atoms with Crippen LogP contribution >= 0.6 is 0 Å². The van der Waals surface area contributed by atoms with Crippen molar-refractivity contribution in [2.24, 2.45) is 0 Å². The Bertz CT molecular complexity index is 649. The zero-order valence-electron chi connectivity index (χ0n) is 14.5. The van der Waals surface area contributed by atoms with Gasteiger partial charge < -0.3 is 4.74 Å². The van der Waals surface area contributed by atoms with Gasteiger partial charge in [-0.15, -0.1) is 0 Å². The van der Waals surface area contributed by atoms with Crippen molar-refractivity contribution in [1.82, 2.24) is 0 Å². The first-order valence-electron chi connectivity index (χ1n) is 9.17. The summed E-state index contributed by atoms with van der Waals surface area (Å²) in [6, 6.07) is 15.8. The summed E-state index contributed by atoms with van der Waals surface area (Å²) in [4.78, 5) is 12.2. The molecule has 0 unspecified atom stereocenters. The van der Waals surface area contributed by atoms with Crippen LogP contribution in [0, 0.1) is 0 Å². The molecule has 0 aliphatic heterocycles. The number of ether oxygens (including phenoxy) is 1. The van der Waals surface area contributed by atoms with Crippen LogP contribution in [0.4, 0.5) is 0 Å². The number of rotatable bonds is 5. The zero-order chi connectivity index (χ0) is 16.8. The molecule has 126 valence electrons. The monoisotopic (exact) mass is 322 g/mol. The Hall–Kier alpha value is -2.09. The number of carbonyl (C=O) groups excluding carboxylic acids is 1. The molecule has 1 aliphatic carbocycles. The summed E-state index contributed by atoms with van der Waals surface area (Å²) in [5.41, 5.74) is 3.23. The number of esters is 1. The van der Waals surface area contributed by atoms with E-state index in [-0.39, 0.29) is 5.97 Å². The second kappa shape index (κ2) is 8.14. The fourth-order valence-electron chi connectivity index (χ4n) is 3.51. The lowest BCUT2D eigenvalue weighted by atomic mass is 9.84. The topological polar surface area (TPSA) is 26.3 Å². The van der Waals surface area contributed by atoms with Crippen LogP contribution in [0.2, 0.25) is 0 Å². The standard InChI is InChI=1S/C22H26O2/c1-2-6-17-9-11-20(12-10-17)22(23)24-21-15-13-19(14-16-21)18-7-4-3-5-8-18/h9-16,18H,2-8H2,1H3. The molecule has 0 aromatic heterocycles. The SMILES string of the molecule is CCCc1ccc(C(=O)Oc2ccc(C3CCCCC3)cc2)cc1. The number of hydrogen-bond donors (Lipinski definition) is 0. The van der Waals surface area contributed by atoms with Crippen molar-refractivity contribution < 1.29 is 9.53 Å². The van der Waals surface area contributed by atoms with Crippen LogP contribution in [0.3, 0.4) is 0 Å². The van der Waals surface area contributed by atoms with Gasteiger partial charge in [0.1, 0.15) is 5.75 Å². The van der Waals surface area contributed by atoms with Gasteiger partial charge in [0.15, 0.2) is 0 Å². The third-order valence-corrected chi connectivity index (χ3v) is 4.90. The average Bonchev–Trinajstić information content (AvgIpc) is 2.64. The van der Waals surface area contributed by atoms with Crippen LogP contribution in [-0.2, 0) is 6.42 Å². The molecule has 2 heteroatoms. The third-order valence-electron chi connectivity index (χ3n) is 4.90. The molecule has 0 spiro atoms. The fraction of sp³-hybridized carbons (Fsp3) is 0.409. The Morgan fingerprint density at radius 2 is 1.62 bits per heavy atom. The molecule has 3 rings (SSSR count). The smallest absolute Gasteiger partial charge is 0.343 e. The van der Waals surface area contributed by atoms with Crippen LogP contribution in [0.25, 0.3) is 0 Å². The summed E-state index contributed by atoms with van der Waals surface area (Å²) in [6.07, 6.45) is 8.73. The van der Waals surface area contributed by atoms with Gasteiger partial charge in [-0.1, -0.05) is 56.9 Å². The van der Waals surface area contributed by atoms with E-state index in [2.05, 4.69) is 19.1 Å². The molecule has 2 aromatic rings. The molecular weight excluding hydrogens is 296 g/mol. The maximum absolute atomic E-state index is 12.2. The Kier molecular flexibility index (Phi) is 5.68. The quantitative estimate of drug-likeness (QED) is 0.505. The highest BCUT2D eigenvalue weighted by atomic mass is 16.5. The van der Waals surface area contributed by atoms with Crippen LogP contribution in [0.1, 0.15) is 72.9 Å². The zero-order valence-corrected chi connectivity index (χ0v) is 14.5. The first-order chi connectivity index (χ1) is 11.8. The second-order valence-corrected chi connectivity index (χ2v) is 6.74. The first kappa shape index (κ1) is 16.8. The van der Waals surface area contributed by atoms with Gasteiger partial charge in [0.25, 0.3) is 0 Å². The van der Waals surface area contributed by atoms with E-state index in [1.54, 1.807) is 0 Å². The van der Waals surface area contributed by atoms with Crippen LogP contribution in [0.5, 0.6) is 5.75 Å². The molecule has 24 heavy (non-hydrogen) atoms. The fourth-order valence-corrected chi connectivity index (χ4v) is 3.51. The highest BCUT2D eigenvalue weighted by Crippen LogP contribution is 2.33. The van der Waals surface area contributed by atoms with E-state index in [0.29, 0.717) is 17.2 Å². The minimum atomic E-state index is -0.288. The molecule has 2 nitrogen and oxygen atoms in total. The van der Waals surface area contributed by atoms with Crippen molar-refractivity contribution in [2.45, 2.75) is 57.8 Å². The lowest BCUT2D eigenvalue weighted by Gasteiger charge is -2.22. The Morgan fingerprint density at radius 1 is 0.958 bits per heavy atom. The van der Waals surface area contributed by atoms with Gasteiger partial charge in [0, 0.05) is 0 Å². The molecule has 0 N–H and O–H groups in total. The highest BCUT2D eigenvalue weighted by Gasteiger charge is 2.15. The van der Waals surface area contributed by atoms with E-state index in [1.807, 2.05) is 36.4 Å². The number of carbonyl (C=O) groups is 1. The van der Waals surface area contributed by atoms with Gasteiger partial charge in [0.05, 0.1) is 5.56 Å². The van der Waals surface area contributed by atoms with E-state index >= 15 is 0 Å². The Balaban J connectivity index is 1.61. The van der Waals surface area contributed by atoms with E-state index in [0.717, 1.165) is 12.8 Å². The van der Waals surface area contributed by atoms with Gasteiger partial charge >= 0.3 is 5.97 Å². The lowest BCUT2D eigenvalue weighted by molar-refractivity contribution is 0.0734. The van der Waals surface area contributed by atoms with E-state index < -0.39 is 0 Å². The van der Waals surface area contributed by atoms with Crippen molar-refractivity contribution in [3.8, 4) is 5.75 Å². The lowest BCUT2D eigenvalue weighted by Crippen LogP contribution is -2.09.